The molecule has 3 amide bonds. The van der Waals surface area contributed by atoms with Crippen molar-refractivity contribution in [1.82, 2.24) is 20.1 Å². The number of amides is 3. The van der Waals surface area contributed by atoms with E-state index in [0.29, 0.717) is 55.8 Å². The summed E-state index contributed by atoms with van der Waals surface area (Å²) in [4.78, 5) is 63.9. The van der Waals surface area contributed by atoms with Crippen LogP contribution in [0, 0.1) is 0 Å². The summed E-state index contributed by atoms with van der Waals surface area (Å²) >= 11 is 1.19. The van der Waals surface area contributed by atoms with E-state index in [1.54, 1.807) is 28.5 Å². The number of nitrogens with zero attached hydrogens (tertiary/aromatic N) is 4. The zero-order chi connectivity index (χ0) is 27.5. The fourth-order valence-electron chi connectivity index (χ4n) is 5.16. The average Bonchev–Trinajstić information content (AvgIpc) is 3.69. The van der Waals surface area contributed by atoms with Crippen LogP contribution in [0.15, 0.2) is 34.8 Å². The van der Waals surface area contributed by atoms with Gasteiger partial charge >= 0.3 is 0 Å². The number of thiazole rings is 1. The van der Waals surface area contributed by atoms with Gasteiger partial charge in [0.05, 0.1) is 12.1 Å². The first kappa shape index (κ1) is 26.4. The Morgan fingerprint density at radius 3 is 2.79 bits per heavy atom. The van der Waals surface area contributed by atoms with Crippen molar-refractivity contribution < 1.29 is 28.7 Å². The summed E-state index contributed by atoms with van der Waals surface area (Å²) in [5, 5.41) is 4.82. The number of piperazine rings is 1. The number of benzene rings is 1. The van der Waals surface area contributed by atoms with Crippen molar-refractivity contribution in [3.8, 4) is 11.5 Å². The van der Waals surface area contributed by atoms with Crippen molar-refractivity contribution in [1.29, 1.82) is 0 Å². The van der Waals surface area contributed by atoms with E-state index in [9.17, 15) is 19.2 Å². The summed E-state index contributed by atoms with van der Waals surface area (Å²) in [5.74, 6) is -0.295. The van der Waals surface area contributed by atoms with E-state index in [0.717, 1.165) is 0 Å². The lowest BCUT2D eigenvalue weighted by molar-refractivity contribution is -0.144. The number of ketones is 1. The molecule has 0 aliphatic carbocycles. The van der Waals surface area contributed by atoms with Crippen molar-refractivity contribution in [3.05, 3.63) is 40.3 Å². The van der Waals surface area contributed by atoms with Crippen LogP contribution in [0.25, 0.3) is 0 Å². The van der Waals surface area contributed by atoms with Gasteiger partial charge in [0.2, 0.25) is 24.4 Å². The molecule has 14 heteroatoms. The number of rotatable bonds is 9. The van der Waals surface area contributed by atoms with Gasteiger partial charge in [0.25, 0.3) is 5.91 Å². The molecule has 4 heterocycles. The van der Waals surface area contributed by atoms with E-state index >= 15 is 0 Å². The van der Waals surface area contributed by atoms with Crippen molar-refractivity contribution in [2.45, 2.75) is 43.8 Å². The Morgan fingerprint density at radius 1 is 1.21 bits per heavy atom. The molecule has 39 heavy (non-hydrogen) atoms. The lowest BCUT2D eigenvalue weighted by Gasteiger charge is -2.39. The fraction of sp³-hybridized carbons (Fsp3) is 0.440. The second-order valence-corrected chi connectivity index (χ2v) is 10.4. The second kappa shape index (κ2) is 11.3. The molecule has 1 aromatic carbocycles. The largest absolute Gasteiger partial charge is 0.454 e. The maximum absolute atomic E-state index is 13.4. The van der Waals surface area contributed by atoms with Crippen LogP contribution in [0.4, 0.5) is 0 Å². The highest BCUT2D eigenvalue weighted by Crippen LogP contribution is 2.34. The third-order valence-electron chi connectivity index (χ3n) is 6.98. The topological polar surface area (TPSA) is 183 Å². The summed E-state index contributed by atoms with van der Waals surface area (Å²) in [6, 6.07) is 3.07. The molecule has 0 radical (unpaired) electrons. The van der Waals surface area contributed by atoms with Crippen LogP contribution in [0.2, 0.25) is 0 Å². The third kappa shape index (κ3) is 5.65. The smallest absolute Gasteiger partial charge is 0.254 e. The summed E-state index contributed by atoms with van der Waals surface area (Å²) in [6.45, 7) is 0.571. The number of guanidine groups is 1. The molecule has 2 unspecified atom stereocenters. The number of nitrogens with one attached hydrogen (secondary N) is 1. The van der Waals surface area contributed by atoms with E-state index in [2.05, 4.69) is 15.3 Å². The number of carbonyl (C=O) groups is 4. The van der Waals surface area contributed by atoms with Crippen LogP contribution >= 0.6 is 11.3 Å². The normalized spacial score (nSPS) is 20.4. The predicted molar refractivity (Wildman–Crippen MR) is 140 cm³/mol. The zero-order valence-electron chi connectivity index (χ0n) is 21.1. The lowest BCUT2D eigenvalue weighted by atomic mass is 10.1. The quantitative estimate of drug-likeness (QED) is 0.167. The number of aromatic nitrogens is 1. The monoisotopic (exact) mass is 555 g/mol. The van der Waals surface area contributed by atoms with Gasteiger partial charge in [-0.25, -0.2) is 4.98 Å². The molecule has 3 aliphatic heterocycles. The molecule has 3 atom stereocenters. The van der Waals surface area contributed by atoms with Crippen LogP contribution in [-0.4, -0.2) is 88.8 Å². The van der Waals surface area contributed by atoms with Gasteiger partial charge in [-0.05, 0) is 43.9 Å². The molecule has 13 nitrogen and oxygen atoms in total. The highest BCUT2D eigenvalue weighted by atomic mass is 32.1. The summed E-state index contributed by atoms with van der Waals surface area (Å²) in [6.07, 6.45) is 3.29. The first-order chi connectivity index (χ1) is 18.8. The van der Waals surface area contributed by atoms with Gasteiger partial charge in [0.1, 0.15) is 12.6 Å². The Morgan fingerprint density at radius 2 is 2.03 bits per heavy atom. The van der Waals surface area contributed by atoms with E-state index < -0.39 is 18.0 Å². The standard InChI is InChI=1S/C25H29N7O6S/c26-25(27)29-7-1-2-16(21(34)23-28-8-9-39-23)30-22(35)17-5-4-15-11-31(12-20(33)32(15)17)24(36)14-3-6-18-19(10-14)38-13-37-18/h3,6,8-10,15-17H,1-2,4-5,7,11-13H2,(H,30,35)(H4,26,27,29)/t15-,16?,17?/m0/s1. The molecule has 5 rings (SSSR count). The lowest BCUT2D eigenvalue weighted by Crippen LogP contribution is -2.60. The molecule has 2 aromatic rings. The maximum atomic E-state index is 13.4. The Labute approximate surface area is 228 Å². The summed E-state index contributed by atoms with van der Waals surface area (Å²) < 4.78 is 10.7. The molecule has 0 spiro atoms. The zero-order valence-corrected chi connectivity index (χ0v) is 21.9. The molecular weight excluding hydrogens is 526 g/mol. The van der Waals surface area contributed by atoms with E-state index in [1.165, 1.54) is 22.4 Å². The van der Waals surface area contributed by atoms with Gasteiger partial charge in [-0.3, -0.25) is 24.2 Å². The maximum Gasteiger partial charge on any atom is 0.254 e. The van der Waals surface area contributed by atoms with E-state index in [1.807, 2.05) is 0 Å². The fourth-order valence-corrected chi connectivity index (χ4v) is 5.79. The van der Waals surface area contributed by atoms with E-state index in [4.69, 9.17) is 20.9 Å². The molecule has 2 saturated heterocycles. The minimum absolute atomic E-state index is 0.0477. The highest BCUT2D eigenvalue weighted by Gasteiger charge is 2.46. The molecule has 1 aromatic heterocycles. The molecule has 5 N–H and O–H groups in total. The number of nitrogens with two attached hydrogens (primary N) is 2. The Kier molecular flexibility index (Phi) is 7.63. The average molecular weight is 556 g/mol. The van der Waals surface area contributed by atoms with Crippen molar-refractivity contribution in [2.75, 3.05) is 26.4 Å². The number of carbonyl (C=O) groups excluding carboxylic acids is 4. The number of hydrogen-bond acceptors (Lipinski definition) is 9. The van der Waals surface area contributed by atoms with Crippen LogP contribution in [-0.2, 0) is 9.59 Å². The van der Waals surface area contributed by atoms with Crippen LogP contribution in [0.3, 0.4) is 0 Å². The van der Waals surface area contributed by atoms with Gasteiger partial charge in [-0.2, -0.15) is 0 Å². The van der Waals surface area contributed by atoms with Crippen LogP contribution in [0.1, 0.15) is 45.8 Å². The van der Waals surface area contributed by atoms with Gasteiger partial charge in [0.15, 0.2) is 22.5 Å². The van der Waals surface area contributed by atoms with Gasteiger partial charge in [-0.15, -0.1) is 11.3 Å². The first-order valence-electron chi connectivity index (χ1n) is 12.6. The SMILES string of the molecule is NC(N)=NCCCC(NC(=O)C1CC[C@H]2CN(C(=O)c3ccc4c(c3)OCO4)CC(=O)N12)C(=O)c1nccs1. The highest BCUT2D eigenvalue weighted by molar-refractivity contribution is 7.11. The first-order valence-corrected chi connectivity index (χ1v) is 13.5. The van der Waals surface area contributed by atoms with Crippen molar-refractivity contribution >= 4 is 40.8 Å². The number of fused-ring (bicyclic) bond motifs is 2. The minimum Gasteiger partial charge on any atom is -0.454 e. The summed E-state index contributed by atoms with van der Waals surface area (Å²) in [5.41, 5.74) is 11.2. The predicted octanol–water partition coefficient (Wildman–Crippen LogP) is 0.109. The number of hydrogen-bond donors (Lipinski definition) is 3. The molecular formula is C25H29N7O6S. The Hall–Kier alpha value is -4.20. The van der Waals surface area contributed by atoms with Crippen molar-refractivity contribution in [2.24, 2.45) is 16.5 Å². The molecule has 0 bridgehead atoms. The van der Waals surface area contributed by atoms with Crippen LogP contribution < -0.4 is 26.3 Å². The van der Waals surface area contributed by atoms with Gasteiger partial charge in [0, 0.05) is 30.2 Å². The van der Waals surface area contributed by atoms with E-state index in [-0.39, 0.29) is 47.9 Å². The van der Waals surface area contributed by atoms with Gasteiger partial charge < -0.3 is 36.1 Å². The third-order valence-corrected chi connectivity index (χ3v) is 7.77. The molecule has 0 saturated carbocycles. The van der Waals surface area contributed by atoms with Crippen molar-refractivity contribution in [3.63, 3.8) is 0 Å². The molecule has 2 fully saturated rings. The Bertz CT molecular complexity index is 1300. The number of Topliss-reactive ketones (excluding diaryl/α,β-unsaturated/α-hetero) is 1. The summed E-state index contributed by atoms with van der Waals surface area (Å²) in [7, 11) is 0. The number of aliphatic imine (C=N–C) groups is 1. The molecule has 206 valence electrons. The number of ether oxygens (including phenoxy) is 2. The molecule has 3 aliphatic rings. The minimum atomic E-state index is -0.833. The van der Waals surface area contributed by atoms with Gasteiger partial charge in [-0.1, -0.05) is 0 Å². The van der Waals surface area contributed by atoms with Crippen LogP contribution in [0.5, 0.6) is 11.5 Å². The Balaban J connectivity index is 1.24. The second-order valence-electron chi connectivity index (χ2n) is 9.51.